The van der Waals surface area contributed by atoms with E-state index < -0.39 is 10.0 Å². The summed E-state index contributed by atoms with van der Waals surface area (Å²) in [6.45, 7) is 5.50. The molecule has 0 aromatic heterocycles. The number of rotatable bonds is 5. The fourth-order valence-corrected chi connectivity index (χ4v) is 4.60. The Labute approximate surface area is 167 Å². The van der Waals surface area contributed by atoms with E-state index in [1.807, 2.05) is 31.2 Å². The van der Waals surface area contributed by atoms with Gasteiger partial charge in [-0.3, -0.25) is 4.79 Å². The van der Waals surface area contributed by atoms with Crippen molar-refractivity contribution in [3.8, 4) is 0 Å². The van der Waals surface area contributed by atoms with Gasteiger partial charge in [0.05, 0.1) is 16.3 Å². The summed E-state index contributed by atoms with van der Waals surface area (Å²) in [4.78, 5) is 15.4. The number of nitrogens with zero attached hydrogens (tertiary/aromatic N) is 1. The predicted molar refractivity (Wildman–Crippen MR) is 113 cm³/mol. The largest absolute Gasteiger partial charge is 0.370 e. The van der Waals surface area contributed by atoms with Crippen LogP contribution in [0.5, 0.6) is 0 Å². The predicted octanol–water partition coefficient (Wildman–Crippen LogP) is 3.45. The molecule has 6 nitrogen and oxygen atoms in total. The molecule has 1 heterocycles. The molecule has 0 saturated carbocycles. The normalized spacial score (nSPS) is 14.8. The van der Waals surface area contributed by atoms with Crippen LogP contribution in [0.2, 0.25) is 0 Å². The zero-order valence-corrected chi connectivity index (χ0v) is 17.4. The highest BCUT2D eigenvalue weighted by Crippen LogP contribution is 2.29. The minimum atomic E-state index is -3.64. The van der Waals surface area contributed by atoms with Gasteiger partial charge in [0.15, 0.2) is 0 Å². The minimum Gasteiger partial charge on any atom is -0.370 e. The minimum absolute atomic E-state index is 0.129. The second-order valence-corrected chi connectivity index (χ2v) is 9.00. The third-order valence-corrected chi connectivity index (χ3v) is 6.83. The highest BCUT2D eigenvalue weighted by Gasteiger charge is 2.21. The van der Waals surface area contributed by atoms with Crippen molar-refractivity contribution in [1.29, 1.82) is 0 Å². The molecule has 0 radical (unpaired) electrons. The highest BCUT2D eigenvalue weighted by molar-refractivity contribution is 7.89. The fraction of sp³-hybridized carbons (Fsp3) is 0.381. The number of hydrogen-bond acceptors (Lipinski definition) is 4. The molecule has 150 valence electrons. The van der Waals surface area contributed by atoms with Crippen LogP contribution >= 0.6 is 0 Å². The van der Waals surface area contributed by atoms with Crippen molar-refractivity contribution in [3.63, 3.8) is 0 Å². The molecule has 0 atom stereocenters. The van der Waals surface area contributed by atoms with Gasteiger partial charge in [0, 0.05) is 18.7 Å². The first-order valence-electron chi connectivity index (χ1n) is 9.53. The smallest absolute Gasteiger partial charge is 0.255 e. The van der Waals surface area contributed by atoms with Crippen molar-refractivity contribution in [3.05, 3.63) is 53.1 Å². The molecular weight excluding hydrogens is 374 g/mol. The van der Waals surface area contributed by atoms with Gasteiger partial charge in [-0.05, 0) is 75.5 Å². The maximum atomic E-state index is 12.9. The van der Waals surface area contributed by atoms with Crippen molar-refractivity contribution in [2.45, 2.75) is 38.0 Å². The van der Waals surface area contributed by atoms with Gasteiger partial charge in [0.25, 0.3) is 5.91 Å². The van der Waals surface area contributed by atoms with E-state index in [9.17, 15) is 13.2 Å². The van der Waals surface area contributed by atoms with Gasteiger partial charge in [-0.15, -0.1) is 0 Å². The molecule has 2 aromatic carbocycles. The molecule has 1 saturated heterocycles. The van der Waals surface area contributed by atoms with Gasteiger partial charge >= 0.3 is 0 Å². The molecule has 1 aliphatic rings. The van der Waals surface area contributed by atoms with Crippen LogP contribution in [0.25, 0.3) is 0 Å². The number of anilines is 2. The Kier molecular flexibility index (Phi) is 6.05. The molecule has 0 aliphatic carbocycles. The number of amides is 1. The molecule has 2 N–H and O–H groups in total. The number of carbonyl (C=O) groups is 1. The van der Waals surface area contributed by atoms with Crippen LogP contribution in [0, 0.1) is 13.8 Å². The standard InChI is InChI=1S/C21H27N3O3S/c1-15-13-17(14-20(16(15)2)28(26,27)22-3)21(25)23-18-9-5-6-10-19(18)24-11-7-4-8-12-24/h5-6,9-10,13-14,22H,4,7-8,11-12H2,1-3H3,(H,23,25). The lowest BCUT2D eigenvalue weighted by Gasteiger charge is -2.30. The lowest BCUT2D eigenvalue weighted by Crippen LogP contribution is -2.30. The van der Waals surface area contributed by atoms with Crippen LogP contribution < -0.4 is 14.9 Å². The van der Waals surface area contributed by atoms with Crippen LogP contribution in [0.4, 0.5) is 11.4 Å². The average molecular weight is 402 g/mol. The van der Waals surface area contributed by atoms with Gasteiger partial charge in [-0.2, -0.15) is 0 Å². The number of aryl methyl sites for hydroxylation is 1. The third-order valence-electron chi connectivity index (χ3n) is 5.29. The summed E-state index contributed by atoms with van der Waals surface area (Å²) in [5.74, 6) is -0.319. The summed E-state index contributed by atoms with van der Waals surface area (Å²) in [5.41, 5.74) is 3.46. The molecule has 0 unspecified atom stereocenters. The summed E-state index contributed by atoms with van der Waals surface area (Å²) < 4.78 is 27.0. The third kappa shape index (κ3) is 4.20. The van der Waals surface area contributed by atoms with Gasteiger partial charge in [-0.25, -0.2) is 13.1 Å². The molecule has 0 bridgehead atoms. The fourth-order valence-electron chi connectivity index (χ4n) is 3.53. The summed E-state index contributed by atoms with van der Waals surface area (Å²) in [7, 11) is -2.28. The van der Waals surface area contributed by atoms with E-state index in [1.54, 1.807) is 13.0 Å². The molecule has 28 heavy (non-hydrogen) atoms. The van der Waals surface area contributed by atoms with Crippen molar-refractivity contribution < 1.29 is 13.2 Å². The lowest BCUT2D eigenvalue weighted by molar-refractivity contribution is 0.102. The van der Waals surface area contributed by atoms with Crippen LogP contribution in [0.3, 0.4) is 0 Å². The number of hydrogen-bond donors (Lipinski definition) is 2. The molecule has 1 aliphatic heterocycles. The van der Waals surface area contributed by atoms with Crippen LogP contribution in [-0.2, 0) is 10.0 Å². The van der Waals surface area contributed by atoms with E-state index in [1.165, 1.54) is 19.5 Å². The Morgan fingerprint density at radius 3 is 2.39 bits per heavy atom. The Balaban J connectivity index is 1.92. The molecule has 2 aromatic rings. The van der Waals surface area contributed by atoms with Crippen molar-refractivity contribution in [2.24, 2.45) is 0 Å². The van der Waals surface area contributed by atoms with E-state index in [4.69, 9.17) is 0 Å². The van der Waals surface area contributed by atoms with Gasteiger partial charge in [0.2, 0.25) is 10.0 Å². The Bertz CT molecular complexity index is 980. The first-order chi connectivity index (χ1) is 13.3. The lowest BCUT2D eigenvalue weighted by atomic mass is 10.1. The van der Waals surface area contributed by atoms with E-state index in [-0.39, 0.29) is 10.8 Å². The zero-order chi connectivity index (χ0) is 20.3. The first kappa shape index (κ1) is 20.4. The van der Waals surface area contributed by atoms with Gasteiger partial charge in [0.1, 0.15) is 0 Å². The number of carbonyl (C=O) groups excluding carboxylic acids is 1. The van der Waals surface area contributed by atoms with Gasteiger partial charge < -0.3 is 10.2 Å². The summed E-state index contributed by atoms with van der Waals surface area (Å²) in [6, 6.07) is 10.9. The van der Waals surface area contributed by atoms with Crippen LogP contribution in [0.1, 0.15) is 40.7 Å². The first-order valence-corrected chi connectivity index (χ1v) is 11.0. The quantitative estimate of drug-likeness (QED) is 0.804. The summed E-state index contributed by atoms with van der Waals surface area (Å²) in [6.07, 6.45) is 3.52. The number of benzene rings is 2. The SMILES string of the molecule is CNS(=O)(=O)c1cc(C(=O)Nc2ccccc2N2CCCCC2)cc(C)c1C. The maximum Gasteiger partial charge on any atom is 0.255 e. The number of nitrogens with one attached hydrogen (secondary N) is 2. The Morgan fingerprint density at radius 2 is 1.71 bits per heavy atom. The topological polar surface area (TPSA) is 78.5 Å². The second-order valence-electron chi connectivity index (χ2n) is 7.14. The number of sulfonamides is 1. The summed E-state index contributed by atoms with van der Waals surface area (Å²) in [5, 5.41) is 2.97. The molecule has 1 fully saturated rings. The van der Waals surface area contributed by atoms with Crippen LogP contribution in [-0.4, -0.2) is 34.5 Å². The Morgan fingerprint density at radius 1 is 1.04 bits per heavy atom. The molecule has 0 spiro atoms. The van der Waals surface area contributed by atoms with Crippen LogP contribution in [0.15, 0.2) is 41.3 Å². The van der Waals surface area contributed by atoms with E-state index in [0.717, 1.165) is 42.9 Å². The molecule has 1 amide bonds. The van der Waals surface area contributed by atoms with Crippen molar-refractivity contribution in [1.82, 2.24) is 4.72 Å². The maximum absolute atomic E-state index is 12.9. The van der Waals surface area contributed by atoms with Crippen molar-refractivity contribution >= 4 is 27.3 Å². The van der Waals surface area contributed by atoms with E-state index in [0.29, 0.717) is 11.1 Å². The Hall–Kier alpha value is -2.38. The number of piperidine rings is 1. The molecule has 7 heteroatoms. The van der Waals surface area contributed by atoms with Crippen molar-refractivity contribution in [2.75, 3.05) is 30.4 Å². The zero-order valence-electron chi connectivity index (χ0n) is 16.6. The summed E-state index contributed by atoms with van der Waals surface area (Å²) >= 11 is 0. The van der Waals surface area contributed by atoms with Gasteiger partial charge in [-0.1, -0.05) is 12.1 Å². The molecular formula is C21H27N3O3S. The second kappa shape index (κ2) is 8.32. The number of para-hydroxylation sites is 2. The van der Waals surface area contributed by atoms with E-state index >= 15 is 0 Å². The highest BCUT2D eigenvalue weighted by atomic mass is 32.2. The molecule has 3 rings (SSSR count). The van der Waals surface area contributed by atoms with E-state index in [2.05, 4.69) is 14.9 Å². The monoisotopic (exact) mass is 401 g/mol. The average Bonchev–Trinajstić information content (AvgIpc) is 2.70.